The van der Waals surface area contributed by atoms with Crippen molar-refractivity contribution in [3.05, 3.63) is 69.0 Å². The molecule has 0 saturated heterocycles. The van der Waals surface area contributed by atoms with Crippen LogP contribution in [0.4, 0.5) is 15.8 Å². The number of non-ortho nitro benzene ring substituents is 1. The maximum atomic E-state index is 13.5. The summed E-state index contributed by atoms with van der Waals surface area (Å²) in [5.41, 5.74) is 3.09. The van der Waals surface area contributed by atoms with Gasteiger partial charge in [0, 0.05) is 17.7 Å². The molecule has 2 aromatic rings. The molecule has 0 fully saturated rings. The van der Waals surface area contributed by atoms with E-state index in [-0.39, 0.29) is 16.3 Å². The molecule has 0 atom stereocenters. The highest BCUT2D eigenvalue weighted by atomic mass is 35.5. The first-order chi connectivity index (χ1) is 9.58. The fraction of sp³-hybridized carbons (Fsp3) is 0. The number of hydrogen-bond donors (Lipinski definition) is 1. The minimum Gasteiger partial charge on any atom is -0.278 e. The molecule has 0 aliphatic rings. The molecule has 1 N–H and O–H groups in total. The van der Waals surface area contributed by atoms with Crippen molar-refractivity contribution in [3.63, 3.8) is 0 Å². The van der Waals surface area contributed by atoms with Crippen LogP contribution in [0.5, 0.6) is 0 Å². The molecule has 0 saturated carbocycles. The molecule has 0 aliphatic heterocycles. The Balaban J connectivity index is 2.14. The Morgan fingerprint density at radius 3 is 2.75 bits per heavy atom. The Labute approximate surface area is 118 Å². The maximum Gasteiger partial charge on any atom is 0.271 e. The number of anilines is 1. The second-order valence-electron chi connectivity index (χ2n) is 3.81. The van der Waals surface area contributed by atoms with Crippen molar-refractivity contribution < 1.29 is 9.31 Å². The van der Waals surface area contributed by atoms with E-state index in [9.17, 15) is 14.5 Å². The Bertz CT molecular complexity index is 656. The van der Waals surface area contributed by atoms with Gasteiger partial charge in [0.15, 0.2) is 0 Å². The average molecular weight is 294 g/mol. The first-order valence-corrected chi connectivity index (χ1v) is 5.93. The van der Waals surface area contributed by atoms with Crippen LogP contribution in [0.25, 0.3) is 0 Å². The monoisotopic (exact) mass is 293 g/mol. The van der Waals surface area contributed by atoms with Gasteiger partial charge in [0.1, 0.15) is 5.82 Å². The second-order valence-corrected chi connectivity index (χ2v) is 4.22. The van der Waals surface area contributed by atoms with Crippen LogP contribution in [0.2, 0.25) is 5.02 Å². The molecule has 0 radical (unpaired) electrons. The smallest absolute Gasteiger partial charge is 0.271 e. The molecule has 5 nitrogen and oxygen atoms in total. The van der Waals surface area contributed by atoms with Crippen LogP contribution in [-0.2, 0) is 0 Å². The average Bonchev–Trinajstić information content (AvgIpc) is 2.42. The van der Waals surface area contributed by atoms with E-state index in [1.807, 2.05) is 0 Å². The maximum absolute atomic E-state index is 13.5. The summed E-state index contributed by atoms with van der Waals surface area (Å²) in [7, 11) is 0. The van der Waals surface area contributed by atoms with Crippen molar-refractivity contribution >= 4 is 29.2 Å². The van der Waals surface area contributed by atoms with Crippen molar-refractivity contribution in [3.8, 4) is 0 Å². The van der Waals surface area contributed by atoms with Gasteiger partial charge in [0.25, 0.3) is 5.69 Å². The summed E-state index contributed by atoms with van der Waals surface area (Å²) in [6, 6.07) is 10.1. The fourth-order valence-electron chi connectivity index (χ4n) is 1.49. The minimum absolute atomic E-state index is 0.0610. The highest BCUT2D eigenvalue weighted by molar-refractivity contribution is 6.33. The largest absolute Gasteiger partial charge is 0.278 e. The number of halogens is 2. The van der Waals surface area contributed by atoms with E-state index in [2.05, 4.69) is 10.5 Å². The Kier molecular flexibility index (Phi) is 4.27. The van der Waals surface area contributed by atoms with Gasteiger partial charge in [-0.2, -0.15) is 5.10 Å². The predicted octanol–water partition coefficient (Wildman–Crippen LogP) is 3.83. The molecule has 0 amide bonds. The number of nitro benzene ring substituents is 1. The highest BCUT2D eigenvalue weighted by Crippen LogP contribution is 2.18. The van der Waals surface area contributed by atoms with Crippen molar-refractivity contribution in [1.29, 1.82) is 0 Å². The third-order valence-electron chi connectivity index (χ3n) is 2.44. The zero-order chi connectivity index (χ0) is 14.5. The molecule has 0 unspecified atom stereocenters. The van der Waals surface area contributed by atoms with Gasteiger partial charge < -0.3 is 0 Å². The molecule has 7 heteroatoms. The summed E-state index contributed by atoms with van der Waals surface area (Å²) in [5.74, 6) is -0.498. The minimum atomic E-state index is -0.511. The molecule has 0 bridgehead atoms. The number of hydrogen-bond acceptors (Lipinski definition) is 4. The lowest BCUT2D eigenvalue weighted by atomic mass is 10.2. The number of nitrogens with one attached hydrogen (secondary N) is 1. The molecule has 0 heterocycles. The molecule has 2 rings (SSSR count). The number of nitro groups is 1. The number of hydrazone groups is 1. The summed E-state index contributed by atoms with van der Waals surface area (Å²) in [6.07, 6.45) is 1.22. The Morgan fingerprint density at radius 2 is 2.05 bits per heavy atom. The van der Waals surface area contributed by atoms with Gasteiger partial charge in [-0.15, -0.1) is 0 Å². The zero-order valence-corrected chi connectivity index (χ0v) is 10.8. The van der Waals surface area contributed by atoms with Crippen LogP contribution >= 0.6 is 11.6 Å². The van der Waals surface area contributed by atoms with Gasteiger partial charge in [-0.1, -0.05) is 23.7 Å². The summed E-state index contributed by atoms with van der Waals surface area (Å²) in [6.45, 7) is 0. The number of benzene rings is 2. The Morgan fingerprint density at radius 1 is 1.30 bits per heavy atom. The van der Waals surface area contributed by atoms with E-state index in [1.54, 1.807) is 12.1 Å². The summed E-state index contributed by atoms with van der Waals surface area (Å²) >= 11 is 5.83. The van der Waals surface area contributed by atoms with Crippen molar-refractivity contribution in [1.82, 2.24) is 0 Å². The van der Waals surface area contributed by atoms with E-state index in [4.69, 9.17) is 11.6 Å². The number of nitrogens with zero attached hydrogens (tertiary/aromatic N) is 2. The SMILES string of the molecule is O=[N+]([O-])c1cccc(N/N=C/c2c(F)cccc2Cl)c1. The van der Waals surface area contributed by atoms with Crippen LogP contribution in [0.3, 0.4) is 0 Å². The predicted molar refractivity (Wildman–Crippen MR) is 75.7 cm³/mol. The quantitative estimate of drug-likeness (QED) is 0.529. The lowest BCUT2D eigenvalue weighted by Crippen LogP contribution is -1.95. The Hall–Kier alpha value is -2.47. The van der Waals surface area contributed by atoms with Crippen LogP contribution in [0.1, 0.15) is 5.56 Å². The molecule has 0 spiro atoms. The normalized spacial score (nSPS) is 10.7. The first kappa shape index (κ1) is 14.0. The topological polar surface area (TPSA) is 67.5 Å². The van der Waals surface area contributed by atoms with Gasteiger partial charge in [0.2, 0.25) is 0 Å². The van der Waals surface area contributed by atoms with Crippen molar-refractivity contribution in [2.75, 3.05) is 5.43 Å². The van der Waals surface area contributed by atoms with Gasteiger partial charge in [0.05, 0.1) is 21.8 Å². The van der Waals surface area contributed by atoms with Crippen LogP contribution in [0.15, 0.2) is 47.6 Å². The van der Waals surface area contributed by atoms with Crippen LogP contribution < -0.4 is 5.43 Å². The lowest BCUT2D eigenvalue weighted by Gasteiger charge is -2.01. The zero-order valence-electron chi connectivity index (χ0n) is 10.1. The third-order valence-corrected chi connectivity index (χ3v) is 2.77. The van der Waals surface area contributed by atoms with Gasteiger partial charge in [-0.25, -0.2) is 4.39 Å². The molecule has 102 valence electrons. The molecule has 0 aliphatic carbocycles. The van der Waals surface area contributed by atoms with E-state index in [0.29, 0.717) is 5.69 Å². The summed E-state index contributed by atoms with van der Waals surface area (Å²) in [5, 5.41) is 14.7. The highest BCUT2D eigenvalue weighted by Gasteiger charge is 2.05. The second kappa shape index (κ2) is 6.12. The van der Waals surface area contributed by atoms with E-state index >= 15 is 0 Å². The van der Waals surface area contributed by atoms with Gasteiger partial charge in [-0.05, 0) is 18.2 Å². The third kappa shape index (κ3) is 3.30. The van der Waals surface area contributed by atoms with E-state index < -0.39 is 10.7 Å². The van der Waals surface area contributed by atoms with E-state index in [1.165, 1.54) is 36.5 Å². The first-order valence-electron chi connectivity index (χ1n) is 5.55. The van der Waals surface area contributed by atoms with Crippen LogP contribution in [0, 0.1) is 15.9 Å². The summed E-state index contributed by atoms with van der Waals surface area (Å²) < 4.78 is 13.5. The number of rotatable bonds is 4. The van der Waals surface area contributed by atoms with Gasteiger partial charge in [-0.3, -0.25) is 15.5 Å². The van der Waals surface area contributed by atoms with Crippen molar-refractivity contribution in [2.45, 2.75) is 0 Å². The molecular weight excluding hydrogens is 285 g/mol. The van der Waals surface area contributed by atoms with E-state index in [0.717, 1.165) is 0 Å². The molecule has 20 heavy (non-hydrogen) atoms. The standard InChI is InChI=1S/C13H9ClFN3O2/c14-12-5-2-6-13(15)11(12)8-16-17-9-3-1-4-10(7-9)18(19)20/h1-8,17H/b16-8+. The molecule has 2 aromatic carbocycles. The van der Waals surface area contributed by atoms with Crippen LogP contribution in [-0.4, -0.2) is 11.1 Å². The van der Waals surface area contributed by atoms with Crippen molar-refractivity contribution in [2.24, 2.45) is 5.10 Å². The fourth-order valence-corrected chi connectivity index (χ4v) is 1.71. The lowest BCUT2D eigenvalue weighted by molar-refractivity contribution is -0.384. The van der Waals surface area contributed by atoms with Gasteiger partial charge >= 0.3 is 0 Å². The molecule has 0 aromatic heterocycles. The molecular formula is C13H9ClFN3O2. The summed E-state index contributed by atoms with van der Waals surface area (Å²) in [4.78, 5) is 10.1.